The first-order valence-corrected chi connectivity index (χ1v) is 6.48. The number of hydrogen-bond donors (Lipinski definition) is 1. The van der Waals surface area contributed by atoms with Gasteiger partial charge in [0.25, 0.3) is 0 Å². The van der Waals surface area contributed by atoms with E-state index >= 15 is 0 Å². The highest BCUT2D eigenvalue weighted by molar-refractivity contribution is 6.21. The van der Waals surface area contributed by atoms with Crippen LogP contribution in [0.2, 0.25) is 0 Å². The maximum Gasteiger partial charge on any atom is 0.223 e. The number of nitrogens with one attached hydrogen (secondary N) is 1. The van der Waals surface area contributed by atoms with Crippen molar-refractivity contribution in [3.63, 3.8) is 0 Å². The smallest absolute Gasteiger partial charge is 0.223 e. The summed E-state index contributed by atoms with van der Waals surface area (Å²) in [5.74, 6) is 0.721. The van der Waals surface area contributed by atoms with E-state index in [1.165, 1.54) is 0 Å². The molecule has 0 bridgehead atoms. The zero-order chi connectivity index (χ0) is 13.6. The van der Waals surface area contributed by atoms with Crippen LogP contribution in [-0.4, -0.2) is 23.4 Å². The van der Waals surface area contributed by atoms with Crippen molar-refractivity contribution in [2.24, 2.45) is 0 Å². The van der Waals surface area contributed by atoms with Gasteiger partial charge in [-0.15, -0.1) is 11.6 Å². The van der Waals surface area contributed by atoms with E-state index in [4.69, 9.17) is 16.3 Å². The van der Waals surface area contributed by atoms with Gasteiger partial charge in [0.1, 0.15) is 5.75 Å². The van der Waals surface area contributed by atoms with Crippen LogP contribution in [0.4, 0.5) is 0 Å². The Hall–Kier alpha value is -1.22. The van der Waals surface area contributed by atoms with Crippen LogP contribution in [0.3, 0.4) is 0 Å². The first-order valence-electron chi connectivity index (χ1n) is 6.05. The van der Waals surface area contributed by atoms with Crippen LogP contribution >= 0.6 is 11.6 Å². The Kier molecular flexibility index (Phi) is 5.48. The lowest BCUT2D eigenvalue weighted by molar-refractivity contribution is -0.123. The number of amides is 1. The zero-order valence-electron chi connectivity index (χ0n) is 11.1. The quantitative estimate of drug-likeness (QED) is 0.807. The number of carbonyl (C=O) groups excluding carboxylic acids is 1. The maximum atomic E-state index is 11.7. The molecule has 1 atom stereocenters. The van der Waals surface area contributed by atoms with Crippen LogP contribution in [-0.2, 0) is 4.79 Å². The molecule has 18 heavy (non-hydrogen) atoms. The lowest BCUT2D eigenvalue weighted by atomic mass is 10.0. The fourth-order valence-electron chi connectivity index (χ4n) is 1.30. The van der Waals surface area contributed by atoms with Crippen molar-refractivity contribution >= 4 is 17.5 Å². The molecule has 0 spiro atoms. The second-order valence-electron chi connectivity index (χ2n) is 4.80. The van der Waals surface area contributed by atoms with Gasteiger partial charge in [-0.3, -0.25) is 4.79 Å². The molecule has 1 unspecified atom stereocenters. The number of hydrogen-bond acceptors (Lipinski definition) is 2. The first kappa shape index (κ1) is 14.8. The highest BCUT2D eigenvalue weighted by Gasteiger charge is 2.25. The molecule has 0 fully saturated rings. The molecule has 0 aliphatic carbocycles. The van der Waals surface area contributed by atoms with E-state index in [1.807, 2.05) is 51.1 Å². The van der Waals surface area contributed by atoms with Gasteiger partial charge in [-0.1, -0.05) is 18.2 Å². The van der Waals surface area contributed by atoms with Crippen LogP contribution in [0, 0.1) is 0 Å². The molecule has 1 aromatic rings. The van der Waals surface area contributed by atoms with Crippen molar-refractivity contribution in [3.8, 4) is 5.75 Å². The number of carbonyl (C=O) groups is 1. The minimum atomic E-state index is -0.411. The minimum absolute atomic E-state index is 0.0524. The number of rotatable bonds is 6. The fraction of sp³-hybridized carbons (Fsp3) is 0.500. The van der Waals surface area contributed by atoms with Crippen molar-refractivity contribution in [2.45, 2.75) is 38.1 Å². The van der Waals surface area contributed by atoms with E-state index < -0.39 is 5.54 Å². The second-order valence-corrected chi connectivity index (χ2v) is 5.45. The Bertz CT molecular complexity index is 377. The minimum Gasteiger partial charge on any atom is -0.493 e. The van der Waals surface area contributed by atoms with Gasteiger partial charge in [0.05, 0.1) is 23.9 Å². The molecule has 0 saturated carbocycles. The van der Waals surface area contributed by atoms with Crippen molar-refractivity contribution in [1.29, 1.82) is 0 Å². The third kappa shape index (κ3) is 4.96. The van der Waals surface area contributed by atoms with Crippen molar-refractivity contribution in [2.75, 3.05) is 6.61 Å². The second kappa shape index (κ2) is 6.64. The molecule has 4 heteroatoms. The Morgan fingerprint density at radius 2 is 2.00 bits per heavy atom. The van der Waals surface area contributed by atoms with Crippen LogP contribution in [0.1, 0.15) is 27.2 Å². The van der Waals surface area contributed by atoms with Crippen LogP contribution in [0.25, 0.3) is 0 Å². The van der Waals surface area contributed by atoms with Crippen molar-refractivity contribution < 1.29 is 9.53 Å². The monoisotopic (exact) mass is 269 g/mol. The summed E-state index contributed by atoms with van der Waals surface area (Å²) < 4.78 is 5.46. The summed E-state index contributed by atoms with van der Waals surface area (Å²) in [7, 11) is 0. The highest BCUT2D eigenvalue weighted by atomic mass is 35.5. The molecule has 0 aliphatic rings. The van der Waals surface area contributed by atoms with Gasteiger partial charge in [-0.05, 0) is 32.9 Å². The summed E-state index contributed by atoms with van der Waals surface area (Å²) in [5, 5.41) is 2.76. The van der Waals surface area contributed by atoms with E-state index in [2.05, 4.69) is 5.32 Å². The molecule has 100 valence electrons. The van der Waals surface area contributed by atoms with Crippen molar-refractivity contribution in [3.05, 3.63) is 30.3 Å². The zero-order valence-corrected chi connectivity index (χ0v) is 11.8. The average molecular weight is 270 g/mol. The molecular weight excluding hydrogens is 250 g/mol. The Morgan fingerprint density at radius 1 is 1.39 bits per heavy atom. The van der Waals surface area contributed by atoms with Gasteiger partial charge in [0.2, 0.25) is 5.91 Å². The summed E-state index contributed by atoms with van der Waals surface area (Å²) in [6.45, 7) is 6.03. The van der Waals surface area contributed by atoms with Gasteiger partial charge in [-0.2, -0.15) is 0 Å². The third-order valence-corrected chi connectivity index (χ3v) is 3.34. The van der Waals surface area contributed by atoms with Gasteiger partial charge in [-0.25, -0.2) is 0 Å². The van der Waals surface area contributed by atoms with Gasteiger partial charge < -0.3 is 10.1 Å². The average Bonchev–Trinajstić information content (AvgIpc) is 2.29. The van der Waals surface area contributed by atoms with Crippen LogP contribution in [0.15, 0.2) is 30.3 Å². The number of para-hydroxylation sites is 1. The molecule has 1 amide bonds. The summed E-state index contributed by atoms with van der Waals surface area (Å²) in [6.07, 6.45) is 0.321. The molecule has 0 radical (unpaired) electrons. The van der Waals surface area contributed by atoms with E-state index in [0.29, 0.717) is 13.0 Å². The number of alkyl halides is 1. The lowest BCUT2D eigenvalue weighted by Gasteiger charge is -2.28. The molecular formula is C14H20ClNO2. The fourth-order valence-corrected chi connectivity index (χ4v) is 1.35. The van der Waals surface area contributed by atoms with E-state index in [0.717, 1.165) is 5.75 Å². The summed E-state index contributed by atoms with van der Waals surface area (Å²) in [6, 6.07) is 9.44. The Morgan fingerprint density at radius 3 is 2.56 bits per heavy atom. The van der Waals surface area contributed by atoms with E-state index in [-0.39, 0.29) is 11.3 Å². The summed E-state index contributed by atoms with van der Waals surface area (Å²) >= 11 is 6.00. The third-order valence-electron chi connectivity index (χ3n) is 2.80. The van der Waals surface area contributed by atoms with Crippen LogP contribution < -0.4 is 10.1 Å². The SMILES string of the molecule is CC(Cl)C(C)(C)NC(=O)CCOc1ccccc1. The van der Waals surface area contributed by atoms with E-state index in [1.54, 1.807) is 0 Å². The topological polar surface area (TPSA) is 38.3 Å². The number of halogens is 1. The standard InChI is InChI=1S/C14H20ClNO2/c1-11(15)14(2,3)16-13(17)9-10-18-12-7-5-4-6-8-12/h4-8,11H,9-10H2,1-3H3,(H,16,17). The lowest BCUT2D eigenvalue weighted by Crippen LogP contribution is -2.49. The molecule has 0 saturated heterocycles. The molecule has 0 aromatic heterocycles. The molecule has 1 N–H and O–H groups in total. The summed E-state index contributed by atoms with van der Waals surface area (Å²) in [4.78, 5) is 11.7. The Labute approximate surface area is 113 Å². The maximum absolute atomic E-state index is 11.7. The normalized spacial score (nSPS) is 12.9. The predicted octanol–water partition coefficient (Wildman–Crippen LogP) is 2.98. The molecule has 1 aromatic carbocycles. The van der Waals surface area contributed by atoms with Gasteiger partial charge in [0, 0.05) is 0 Å². The van der Waals surface area contributed by atoms with E-state index in [9.17, 15) is 4.79 Å². The molecule has 0 heterocycles. The first-order chi connectivity index (χ1) is 8.42. The largest absolute Gasteiger partial charge is 0.493 e. The molecule has 3 nitrogen and oxygen atoms in total. The Balaban J connectivity index is 2.30. The van der Waals surface area contributed by atoms with Crippen LogP contribution in [0.5, 0.6) is 5.75 Å². The number of ether oxygens (including phenoxy) is 1. The predicted molar refractivity (Wildman–Crippen MR) is 74.1 cm³/mol. The molecule has 1 rings (SSSR count). The van der Waals surface area contributed by atoms with Gasteiger partial charge >= 0.3 is 0 Å². The summed E-state index contributed by atoms with van der Waals surface area (Å²) in [5.41, 5.74) is -0.411. The number of benzene rings is 1. The highest BCUT2D eigenvalue weighted by Crippen LogP contribution is 2.14. The molecule has 0 aliphatic heterocycles. The van der Waals surface area contributed by atoms with Crippen molar-refractivity contribution in [1.82, 2.24) is 5.32 Å². The van der Waals surface area contributed by atoms with Gasteiger partial charge in [0.15, 0.2) is 0 Å².